The van der Waals surface area contributed by atoms with E-state index >= 15 is 0 Å². The number of nitrogens with zero attached hydrogens (tertiary/aromatic N) is 2. The van der Waals surface area contributed by atoms with Crippen LogP contribution in [-0.4, -0.2) is 51.6 Å². The van der Waals surface area contributed by atoms with Crippen LogP contribution in [0.3, 0.4) is 0 Å². The first-order valence-corrected chi connectivity index (χ1v) is 23.3. The lowest BCUT2D eigenvalue weighted by molar-refractivity contribution is -0.151. The zero-order valence-electron chi connectivity index (χ0n) is 36.2. The van der Waals surface area contributed by atoms with Crippen LogP contribution in [0, 0.1) is 11.3 Å². The monoisotopic (exact) mass is 852 g/mol. The Labute approximate surface area is 365 Å². The highest BCUT2D eigenvalue weighted by molar-refractivity contribution is 8.47. The third-order valence-corrected chi connectivity index (χ3v) is 15.3. The predicted octanol–water partition coefficient (Wildman–Crippen LogP) is 12.9. The Kier molecular flexibility index (Phi) is 13.9. The summed E-state index contributed by atoms with van der Waals surface area (Å²) in [5, 5.41) is 1.81. The van der Waals surface area contributed by atoms with E-state index in [0.717, 1.165) is 69.8 Å². The van der Waals surface area contributed by atoms with Crippen molar-refractivity contribution in [1.82, 2.24) is 0 Å². The summed E-state index contributed by atoms with van der Waals surface area (Å²) in [6, 6.07) is 25.7. The first kappa shape index (κ1) is 44.7. The quantitative estimate of drug-likeness (QED) is 0.0474. The van der Waals surface area contributed by atoms with Gasteiger partial charge in [-0.3, -0.25) is 9.79 Å². The van der Waals surface area contributed by atoms with Crippen LogP contribution in [0.5, 0.6) is 11.5 Å². The number of ether oxygens (including phenoxy) is 3. The summed E-state index contributed by atoms with van der Waals surface area (Å²) in [6.45, 7) is 17.8. The van der Waals surface area contributed by atoms with Gasteiger partial charge in [-0.1, -0.05) is 102 Å². The van der Waals surface area contributed by atoms with Gasteiger partial charge in [0.1, 0.15) is 20.7 Å². The number of thiocarbonyl (C=S) groups is 1. The number of benzene rings is 4. The summed E-state index contributed by atoms with van der Waals surface area (Å²) in [6.07, 6.45) is 8.24. The fourth-order valence-corrected chi connectivity index (χ4v) is 11.7. The van der Waals surface area contributed by atoms with Gasteiger partial charge in [0.15, 0.2) is 0 Å². The topological polar surface area (TPSA) is 77.4 Å². The fraction of sp³-hybridized carbons (Fsp3) is 0.469. The van der Waals surface area contributed by atoms with Crippen molar-refractivity contribution in [3.05, 3.63) is 95.6 Å². The predicted molar refractivity (Wildman–Crippen MR) is 252 cm³/mol. The highest BCUT2D eigenvalue weighted by atomic mass is 32.2. The summed E-state index contributed by atoms with van der Waals surface area (Å²) < 4.78 is 19.1. The molecular formula is C49H60N2O5S3. The molecule has 0 N–H and O–H groups in total. The molecule has 0 saturated heterocycles. The van der Waals surface area contributed by atoms with Gasteiger partial charge >= 0.3 is 11.9 Å². The maximum Gasteiger partial charge on any atom is 0.343 e. The Hall–Kier alpha value is -3.86. The molecule has 3 unspecified atom stereocenters. The van der Waals surface area contributed by atoms with Gasteiger partial charge in [-0.25, -0.2) is 4.79 Å². The van der Waals surface area contributed by atoms with Gasteiger partial charge < -0.3 is 19.1 Å². The first-order chi connectivity index (χ1) is 28.1. The molecule has 3 atom stereocenters. The molecule has 0 aliphatic carbocycles. The van der Waals surface area contributed by atoms with Crippen molar-refractivity contribution in [3.63, 3.8) is 0 Å². The van der Waals surface area contributed by atoms with E-state index < -0.39 is 16.4 Å². The molecule has 0 saturated carbocycles. The molecule has 59 heavy (non-hydrogen) atoms. The number of para-hydroxylation sites is 1. The molecule has 1 spiro atoms. The summed E-state index contributed by atoms with van der Waals surface area (Å²) in [4.78, 5) is 34.5. The molecule has 2 aliphatic heterocycles. The minimum absolute atomic E-state index is 0.149. The van der Waals surface area contributed by atoms with Gasteiger partial charge in [0.05, 0.1) is 29.7 Å². The van der Waals surface area contributed by atoms with E-state index in [9.17, 15) is 9.59 Å². The Bertz CT molecular complexity index is 2200. The highest BCUT2D eigenvalue weighted by Crippen LogP contribution is 2.54. The van der Waals surface area contributed by atoms with Gasteiger partial charge in [-0.05, 0) is 117 Å². The summed E-state index contributed by atoms with van der Waals surface area (Å²) >= 11 is 9.12. The van der Waals surface area contributed by atoms with Crippen LogP contribution < -0.4 is 14.4 Å². The van der Waals surface area contributed by atoms with E-state index in [0.29, 0.717) is 35.8 Å². The van der Waals surface area contributed by atoms with Crippen LogP contribution >= 0.6 is 35.7 Å². The van der Waals surface area contributed by atoms with Crippen molar-refractivity contribution in [2.45, 2.75) is 116 Å². The minimum Gasteiger partial charge on any atom is -0.465 e. The van der Waals surface area contributed by atoms with Gasteiger partial charge in [0.25, 0.3) is 0 Å². The molecule has 0 bridgehead atoms. The first-order valence-electron chi connectivity index (χ1n) is 21.1. The highest BCUT2D eigenvalue weighted by Gasteiger charge is 2.58. The Morgan fingerprint density at radius 1 is 0.949 bits per heavy atom. The number of likely N-dealkylation sites (N-methyl/N-ethyl adjacent to an activating group) is 1. The molecular weight excluding hydrogens is 793 g/mol. The Balaban J connectivity index is 1.15. The maximum atomic E-state index is 13.7. The number of fused-ring (bicyclic) bond motifs is 4. The average molecular weight is 853 g/mol. The number of carbonyl (C=O) groups is 2. The number of thioether (sulfide) groups is 2. The van der Waals surface area contributed by atoms with Crippen LogP contribution in [0.1, 0.15) is 115 Å². The van der Waals surface area contributed by atoms with Crippen LogP contribution in [0.4, 0.5) is 11.4 Å². The molecule has 10 heteroatoms. The normalized spacial score (nSPS) is 18.2. The SMILES string of the molecule is CCCCOC(=O)C(CC(C)(CC)Cc1ccc(C(=O)Oc2ccc3ccc4c(c3c2)N=CC2(O4)N(C)c3ccccc3C2(C)C)cc1)C(C)(C)SC(=S)SCCCC. The standard InChI is InChI=1S/C49H60N2O5S3/c1-10-13-27-54-44(53)39(47(6,7)59-45(57)58-28-14-11-2)31-48(8,12-3)30-33-19-21-35(22-20-33)43(52)55-36-25-23-34-24-26-41-42(37(34)29-36)50-32-49(56-41)46(4,5)38-17-15-16-18-40(38)51(49)9/h15-26,29,32,39H,10-14,27-28,30-31H2,1-9H3. The number of hydrogen-bond donors (Lipinski definition) is 0. The van der Waals surface area contributed by atoms with E-state index in [-0.39, 0.29) is 22.7 Å². The third-order valence-electron chi connectivity index (χ3n) is 12.4. The van der Waals surface area contributed by atoms with Gasteiger partial charge in [0.2, 0.25) is 5.72 Å². The Morgan fingerprint density at radius 2 is 1.66 bits per heavy atom. The molecule has 0 fully saturated rings. The summed E-state index contributed by atoms with van der Waals surface area (Å²) in [5.74, 6) is 1.17. The molecule has 2 aliphatic rings. The van der Waals surface area contributed by atoms with E-state index in [4.69, 9.17) is 31.4 Å². The lowest BCUT2D eigenvalue weighted by Crippen LogP contribution is -2.61. The van der Waals surface area contributed by atoms with Crippen LogP contribution in [0.15, 0.2) is 83.9 Å². The van der Waals surface area contributed by atoms with Gasteiger partial charge in [-0.2, -0.15) is 0 Å². The molecule has 7 nitrogen and oxygen atoms in total. The molecule has 4 aromatic rings. The van der Waals surface area contributed by atoms with Gasteiger partial charge in [-0.15, -0.1) is 23.5 Å². The number of aliphatic imine (C=N–C) groups is 1. The fourth-order valence-electron chi connectivity index (χ4n) is 8.32. The van der Waals surface area contributed by atoms with Crippen molar-refractivity contribution < 1.29 is 23.8 Å². The molecule has 0 aromatic heterocycles. The second kappa shape index (κ2) is 18.4. The smallest absolute Gasteiger partial charge is 0.343 e. The lowest BCUT2D eigenvalue weighted by atomic mass is 9.71. The van der Waals surface area contributed by atoms with Crippen LogP contribution in [-0.2, 0) is 21.4 Å². The summed E-state index contributed by atoms with van der Waals surface area (Å²) in [5.41, 5.74) is 3.23. The van der Waals surface area contributed by atoms with Crippen LogP contribution in [0.2, 0.25) is 0 Å². The molecule has 0 radical (unpaired) electrons. The number of hydrogen-bond acceptors (Lipinski definition) is 10. The maximum absolute atomic E-state index is 13.7. The zero-order valence-corrected chi connectivity index (χ0v) is 38.6. The molecule has 0 amide bonds. The lowest BCUT2D eigenvalue weighted by Gasteiger charge is -2.45. The molecule has 6 rings (SSSR count). The molecule has 2 heterocycles. The van der Waals surface area contributed by atoms with E-state index in [1.165, 1.54) is 5.56 Å². The van der Waals surface area contributed by atoms with Crippen LogP contribution in [0.25, 0.3) is 10.8 Å². The molecule has 314 valence electrons. The number of anilines is 1. The van der Waals surface area contributed by atoms with Crippen molar-refractivity contribution in [1.29, 1.82) is 0 Å². The van der Waals surface area contributed by atoms with E-state index in [1.54, 1.807) is 23.5 Å². The summed E-state index contributed by atoms with van der Waals surface area (Å²) in [7, 11) is 2.05. The van der Waals surface area contributed by atoms with Crippen molar-refractivity contribution >= 4 is 79.6 Å². The number of rotatable bonds is 16. The van der Waals surface area contributed by atoms with E-state index in [1.807, 2.05) is 66.9 Å². The number of carbonyl (C=O) groups excluding carboxylic acids is 2. The second-order valence-electron chi connectivity index (χ2n) is 17.4. The number of esters is 2. The third kappa shape index (κ3) is 9.40. The van der Waals surface area contributed by atoms with Crippen molar-refractivity contribution in [3.8, 4) is 11.5 Å². The number of unbranched alkanes of at least 4 members (excludes halogenated alkanes) is 2. The van der Waals surface area contributed by atoms with E-state index in [2.05, 4.69) is 85.5 Å². The minimum atomic E-state index is -0.791. The van der Waals surface area contributed by atoms with Gasteiger partial charge in [0, 0.05) is 22.9 Å². The zero-order chi connectivity index (χ0) is 42.6. The largest absolute Gasteiger partial charge is 0.465 e. The van der Waals surface area contributed by atoms with Crippen molar-refractivity contribution in [2.75, 3.05) is 24.3 Å². The van der Waals surface area contributed by atoms with Crippen molar-refractivity contribution in [2.24, 2.45) is 16.3 Å². The average Bonchev–Trinajstić information content (AvgIpc) is 3.37. The second-order valence-corrected chi connectivity index (χ2v) is 21.4. The Morgan fingerprint density at radius 3 is 2.36 bits per heavy atom. The molecule has 4 aromatic carbocycles.